The van der Waals surface area contributed by atoms with E-state index in [1.807, 2.05) is 26.1 Å². The van der Waals surface area contributed by atoms with Crippen molar-refractivity contribution in [3.8, 4) is 0 Å². The van der Waals surface area contributed by atoms with Gasteiger partial charge in [0.05, 0.1) is 11.9 Å². The maximum Gasteiger partial charge on any atom is 0.276 e. The molecule has 2 aromatic heterocycles. The van der Waals surface area contributed by atoms with Gasteiger partial charge in [0.2, 0.25) is 5.91 Å². The number of rotatable bonds is 7. The maximum atomic E-state index is 12.7. The third kappa shape index (κ3) is 5.17. The fourth-order valence-corrected chi connectivity index (χ4v) is 3.46. The van der Waals surface area contributed by atoms with Crippen LogP contribution in [-0.2, 0) is 17.9 Å². The van der Waals surface area contributed by atoms with Crippen LogP contribution in [0.3, 0.4) is 0 Å². The average molecular weight is 399 g/mol. The highest BCUT2D eigenvalue weighted by Gasteiger charge is 2.25. The predicted molar refractivity (Wildman–Crippen MR) is 108 cm³/mol. The van der Waals surface area contributed by atoms with E-state index >= 15 is 0 Å². The van der Waals surface area contributed by atoms with Crippen LogP contribution in [0.15, 0.2) is 24.5 Å². The Balaban J connectivity index is 1.52. The van der Waals surface area contributed by atoms with Crippen molar-refractivity contribution in [3.63, 3.8) is 0 Å². The highest BCUT2D eigenvalue weighted by Crippen LogP contribution is 2.12. The second-order valence-corrected chi connectivity index (χ2v) is 7.20. The molecule has 1 saturated heterocycles. The van der Waals surface area contributed by atoms with E-state index in [0.29, 0.717) is 26.2 Å². The normalized spacial score (nSPS) is 14.8. The van der Waals surface area contributed by atoms with Crippen molar-refractivity contribution in [2.45, 2.75) is 33.9 Å². The summed E-state index contributed by atoms with van der Waals surface area (Å²) in [5, 5.41) is 7.94. The molecule has 1 aliphatic heterocycles. The molecule has 9 nitrogen and oxygen atoms in total. The Hall–Kier alpha value is -2.81. The molecule has 0 unspecified atom stereocenters. The number of amides is 2. The fourth-order valence-electron chi connectivity index (χ4n) is 3.46. The summed E-state index contributed by atoms with van der Waals surface area (Å²) >= 11 is 0. The van der Waals surface area contributed by atoms with Crippen LogP contribution in [-0.4, -0.2) is 85.8 Å². The SMILES string of the molecule is CCN(CC)C(=O)Cn1cc(C(=O)N2CCN(Cc3ncccc3C)CC2)nn1. The molecule has 0 saturated carbocycles. The van der Waals surface area contributed by atoms with Gasteiger partial charge in [-0.3, -0.25) is 19.5 Å². The lowest BCUT2D eigenvalue weighted by molar-refractivity contribution is -0.131. The third-order valence-electron chi connectivity index (χ3n) is 5.32. The number of aryl methyl sites for hydroxylation is 1. The molecule has 3 rings (SSSR count). The van der Waals surface area contributed by atoms with E-state index in [2.05, 4.69) is 33.2 Å². The minimum atomic E-state index is -0.139. The van der Waals surface area contributed by atoms with Gasteiger partial charge in [-0.1, -0.05) is 11.3 Å². The topological polar surface area (TPSA) is 87.5 Å². The zero-order valence-corrected chi connectivity index (χ0v) is 17.4. The first-order valence-corrected chi connectivity index (χ1v) is 10.1. The van der Waals surface area contributed by atoms with Crippen LogP contribution in [0.4, 0.5) is 0 Å². The Labute approximate surface area is 171 Å². The standard InChI is InChI=1S/C20H29N7O2/c1-4-25(5-2)19(28)15-27-14-18(22-23-27)20(29)26-11-9-24(10-12-26)13-17-16(3)7-6-8-21-17/h6-8,14H,4-5,9-13,15H2,1-3H3. The molecule has 2 aromatic rings. The fraction of sp³-hybridized carbons (Fsp3) is 0.550. The summed E-state index contributed by atoms with van der Waals surface area (Å²) in [6.45, 7) is 11.0. The summed E-state index contributed by atoms with van der Waals surface area (Å²) < 4.78 is 1.44. The lowest BCUT2D eigenvalue weighted by Gasteiger charge is -2.34. The molecule has 0 aliphatic carbocycles. The molecule has 156 valence electrons. The minimum absolute atomic E-state index is 0.0303. The van der Waals surface area contributed by atoms with Gasteiger partial charge in [0.15, 0.2) is 5.69 Å². The Morgan fingerprint density at radius 1 is 1.14 bits per heavy atom. The molecule has 0 aromatic carbocycles. The third-order valence-corrected chi connectivity index (χ3v) is 5.32. The Morgan fingerprint density at radius 3 is 2.52 bits per heavy atom. The lowest BCUT2D eigenvalue weighted by Crippen LogP contribution is -2.48. The highest BCUT2D eigenvalue weighted by molar-refractivity contribution is 5.92. The molecule has 2 amide bonds. The molecule has 3 heterocycles. The molecule has 29 heavy (non-hydrogen) atoms. The zero-order valence-electron chi connectivity index (χ0n) is 17.4. The maximum absolute atomic E-state index is 12.7. The van der Waals surface area contributed by atoms with Gasteiger partial charge < -0.3 is 9.80 Å². The van der Waals surface area contributed by atoms with Crippen molar-refractivity contribution in [3.05, 3.63) is 41.5 Å². The molecular formula is C20H29N7O2. The molecule has 0 spiro atoms. The Bertz CT molecular complexity index is 839. The molecular weight excluding hydrogens is 370 g/mol. The van der Waals surface area contributed by atoms with E-state index in [-0.39, 0.29) is 24.1 Å². The summed E-state index contributed by atoms with van der Waals surface area (Å²) in [6.07, 6.45) is 3.38. The number of hydrogen-bond donors (Lipinski definition) is 0. The lowest BCUT2D eigenvalue weighted by atomic mass is 10.2. The van der Waals surface area contributed by atoms with Crippen molar-refractivity contribution < 1.29 is 9.59 Å². The van der Waals surface area contributed by atoms with Crippen LogP contribution in [0.5, 0.6) is 0 Å². The number of aromatic nitrogens is 4. The Morgan fingerprint density at radius 2 is 1.86 bits per heavy atom. The van der Waals surface area contributed by atoms with Gasteiger partial charge in [0.25, 0.3) is 5.91 Å². The summed E-state index contributed by atoms with van der Waals surface area (Å²) in [7, 11) is 0. The van der Waals surface area contributed by atoms with E-state index in [1.165, 1.54) is 10.2 Å². The van der Waals surface area contributed by atoms with E-state index in [1.54, 1.807) is 16.0 Å². The number of pyridine rings is 1. The van der Waals surface area contributed by atoms with Crippen LogP contribution in [0, 0.1) is 6.92 Å². The number of carbonyl (C=O) groups is 2. The minimum Gasteiger partial charge on any atom is -0.342 e. The molecule has 9 heteroatoms. The van der Waals surface area contributed by atoms with Crippen molar-refractivity contribution in [1.82, 2.24) is 34.7 Å². The number of likely N-dealkylation sites (N-methyl/N-ethyl adjacent to an activating group) is 1. The summed E-state index contributed by atoms with van der Waals surface area (Å²) in [6, 6.07) is 4.01. The van der Waals surface area contributed by atoms with Gasteiger partial charge in [-0.2, -0.15) is 0 Å². The van der Waals surface area contributed by atoms with Crippen LogP contribution >= 0.6 is 0 Å². The second kappa shape index (κ2) is 9.60. The molecule has 1 fully saturated rings. The van der Waals surface area contributed by atoms with E-state index in [4.69, 9.17) is 0 Å². The predicted octanol–water partition coefficient (Wildman–Crippen LogP) is 0.808. The first kappa shape index (κ1) is 20.9. The monoisotopic (exact) mass is 399 g/mol. The highest BCUT2D eigenvalue weighted by atomic mass is 16.2. The van der Waals surface area contributed by atoms with Crippen LogP contribution in [0.2, 0.25) is 0 Å². The largest absolute Gasteiger partial charge is 0.342 e. The molecule has 0 radical (unpaired) electrons. The number of piperazine rings is 1. The van der Waals surface area contributed by atoms with Crippen LogP contribution in [0.1, 0.15) is 35.6 Å². The number of hydrogen-bond acceptors (Lipinski definition) is 6. The van der Waals surface area contributed by atoms with Crippen LogP contribution < -0.4 is 0 Å². The van der Waals surface area contributed by atoms with Gasteiger partial charge in [0.1, 0.15) is 6.54 Å². The number of carbonyl (C=O) groups excluding carboxylic acids is 2. The quantitative estimate of drug-likeness (QED) is 0.685. The summed E-state index contributed by atoms with van der Waals surface area (Å²) in [5.74, 6) is -0.169. The smallest absolute Gasteiger partial charge is 0.276 e. The molecule has 1 aliphatic rings. The van der Waals surface area contributed by atoms with E-state index in [0.717, 1.165) is 25.3 Å². The van der Waals surface area contributed by atoms with Crippen LogP contribution in [0.25, 0.3) is 0 Å². The Kier molecular flexibility index (Phi) is 6.92. The molecule has 0 atom stereocenters. The van der Waals surface area contributed by atoms with E-state index < -0.39 is 0 Å². The zero-order chi connectivity index (χ0) is 20.8. The second-order valence-electron chi connectivity index (χ2n) is 7.20. The summed E-state index contributed by atoms with van der Waals surface area (Å²) in [5.41, 5.74) is 2.54. The number of nitrogens with zero attached hydrogens (tertiary/aromatic N) is 7. The van der Waals surface area contributed by atoms with Gasteiger partial charge in [-0.25, -0.2) is 4.68 Å². The van der Waals surface area contributed by atoms with E-state index in [9.17, 15) is 9.59 Å². The van der Waals surface area contributed by atoms with Gasteiger partial charge >= 0.3 is 0 Å². The first-order valence-electron chi connectivity index (χ1n) is 10.1. The average Bonchev–Trinajstić information content (AvgIpc) is 3.19. The summed E-state index contributed by atoms with van der Waals surface area (Å²) in [4.78, 5) is 35.2. The van der Waals surface area contributed by atoms with Gasteiger partial charge in [-0.15, -0.1) is 5.10 Å². The van der Waals surface area contributed by atoms with Gasteiger partial charge in [-0.05, 0) is 32.4 Å². The van der Waals surface area contributed by atoms with Crippen molar-refractivity contribution in [2.75, 3.05) is 39.3 Å². The van der Waals surface area contributed by atoms with Crippen molar-refractivity contribution in [1.29, 1.82) is 0 Å². The molecule has 0 bridgehead atoms. The van der Waals surface area contributed by atoms with Gasteiger partial charge in [0, 0.05) is 52.0 Å². The van der Waals surface area contributed by atoms with Crippen molar-refractivity contribution in [2.24, 2.45) is 0 Å². The molecule has 0 N–H and O–H groups in total. The first-order chi connectivity index (χ1) is 14.0. The van der Waals surface area contributed by atoms with Crippen molar-refractivity contribution >= 4 is 11.8 Å².